The highest BCUT2D eigenvalue weighted by Crippen LogP contribution is 2.32. The van der Waals surface area contributed by atoms with Gasteiger partial charge in [0.15, 0.2) is 0 Å². The normalized spacial score (nSPS) is 17.3. The molecule has 1 fully saturated rings. The molecule has 3 aromatic rings. The van der Waals surface area contributed by atoms with E-state index in [0.29, 0.717) is 29.2 Å². The van der Waals surface area contributed by atoms with Crippen LogP contribution in [-0.2, 0) is 7.05 Å². The van der Waals surface area contributed by atoms with Crippen LogP contribution in [0.15, 0.2) is 36.8 Å². The van der Waals surface area contributed by atoms with E-state index in [-0.39, 0.29) is 5.75 Å². The number of aromatic hydroxyl groups is 1. The maximum Gasteiger partial charge on any atom is 0.245 e. The zero-order chi connectivity index (χ0) is 19.7. The van der Waals surface area contributed by atoms with E-state index < -0.39 is 0 Å². The van der Waals surface area contributed by atoms with Crippen molar-refractivity contribution in [1.82, 2.24) is 30.3 Å². The predicted octanol–water partition coefficient (Wildman–Crippen LogP) is 2.08. The van der Waals surface area contributed by atoms with Crippen molar-refractivity contribution in [3.8, 4) is 28.1 Å². The van der Waals surface area contributed by atoms with Gasteiger partial charge in [-0.2, -0.15) is 5.10 Å². The second-order valence-corrected chi connectivity index (χ2v) is 7.53. The first-order valence-electron chi connectivity index (χ1n) is 9.51. The summed E-state index contributed by atoms with van der Waals surface area (Å²) < 4.78 is 1.73. The van der Waals surface area contributed by atoms with Gasteiger partial charge < -0.3 is 15.3 Å². The van der Waals surface area contributed by atoms with Gasteiger partial charge in [-0.25, -0.2) is 4.98 Å². The fourth-order valence-corrected chi connectivity index (χ4v) is 3.44. The van der Waals surface area contributed by atoms with Crippen molar-refractivity contribution in [2.75, 3.05) is 24.5 Å². The number of hydrogen-bond donors (Lipinski definition) is 2. The topological polar surface area (TPSA) is 92.0 Å². The first-order chi connectivity index (χ1) is 13.5. The number of aromatic nitrogens is 5. The molecule has 0 amide bonds. The minimum Gasteiger partial charge on any atom is -0.507 e. The van der Waals surface area contributed by atoms with Crippen LogP contribution in [-0.4, -0.2) is 55.7 Å². The monoisotopic (exact) mass is 379 g/mol. The van der Waals surface area contributed by atoms with Gasteiger partial charge in [0.1, 0.15) is 11.4 Å². The van der Waals surface area contributed by atoms with Crippen LogP contribution in [0.3, 0.4) is 0 Å². The van der Waals surface area contributed by atoms with Crippen LogP contribution in [0.25, 0.3) is 22.4 Å². The average molecular weight is 379 g/mol. The Morgan fingerprint density at radius 2 is 2.04 bits per heavy atom. The Morgan fingerprint density at radius 3 is 2.68 bits per heavy atom. The summed E-state index contributed by atoms with van der Waals surface area (Å²) in [7, 11) is 1.86. The third-order valence-electron chi connectivity index (χ3n) is 5.15. The van der Waals surface area contributed by atoms with Crippen molar-refractivity contribution >= 4 is 5.95 Å². The SMILES string of the molecule is CC(C)C1CN(c2ncc(-c3ccc(-c4cnn(C)c4)cc3O)nn2)CCN1. The number of phenolic OH excluding ortho intramolecular Hbond substituents is 1. The van der Waals surface area contributed by atoms with E-state index in [1.807, 2.05) is 25.4 Å². The molecule has 1 atom stereocenters. The van der Waals surface area contributed by atoms with Crippen LogP contribution >= 0.6 is 0 Å². The largest absolute Gasteiger partial charge is 0.507 e. The smallest absolute Gasteiger partial charge is 0.245 e. The molecule has 8 nitrogen and oxygen atoms in total. The number of nitrogens with one attached hydrogen (secondary N) is 1. The molecule has 28 heavy (non-hydrogen) atoms. The summed E-state index contributed by atoms with van der Waals surface area (Å²) in [5, 5.41) is 26.8. The minimum atomic E-state index is 0.146. The van der Waals surface area contributed by atoms with E-state index in [9.17, 15) is 5.11 Å². The molecule has 4 rings (SSSR count). The van der Waals surface area contributed by atoms with Crippen molar-refractivity contribution in [2.24, 2.45) is 13.0 Å². The van der Waals surface area contributed by atoms with Gasteiger partial charge in [0.2, 0.25) is 5.95 Å². The number of nitrogens with zero attached hydrogens (tertiary/aromatic N) is 6. The highest BCUT2D eigenvalue weighted by Gasteiger charge is 2.23. The van der Waals surface area contributed by atoms with Gasteiger partial charge in [-0.3, -0.25) is 4.68 Å². The van der Waals surface area contributed by atoms with E-state index in [0.717, 1.165) is 30.8 Å². The van der Waals surface area contributed by atoms with E-state index in [1.54, 1.807) is 23.1 Å². The summed E-state index contributed by atoms with van der Waals surface area (Å²) in [6.07, 6.45) is 5.35. The molecule has 1 aromatic carbocycles. The summed E-state index contributed by atoms with van der Waals surface area (Å²) in [5.41, 5.74) is 3.00. The number of anilines is 1. The number of rotatable bonds is 4. The zero-order valence-electron chi connectivity index (χ0n) is 16.4. The van der Waals surface area contributed by atoms with Gasteiger partial charge >= 0.3 is 0 Å². The van der Waals surface area contributed by atoms with Crippen molar-refractivity contribution in [3.63, 3.8) is 0 Å². The molecule has 0 saturated carbocycles. The fraction of sp³-hybridized carbons (Fsp3) is 0.400. The Hall–Kier alpha value is -3.00. The molecule has 3 heterocycles. The molecule has 1 unspecified atom stereocenters. The summed E-state index contributed by atoms with van der Waals surface area (Å²) >= 11 is 0. The average Bonchev–Trinajstić information content (AvgIpc) is 3.14. The zero-order valence-corrected chi connectivity index (χ0v) is 16.4. The van der Waals surface area contributed by atoms with E-state index in [1.165, 1.54) is 0 Å². The van der Waals surface area contributed by atoms with Crippen LogP contribution in [0, 0.1) is 5.92 Å². The van der Waals surface area contributed by atoms with Gasteiger partial charge in [-0.15, -0.1) is 10.2 Å². The number of hydrogen-bond acceptors (Lipinski definition) is 7. The van der Waals surface area contributed by atoms with Crippen molar-refractivity contribution in [2.45, 2.75) is 19.9 Å². The first kappa shape index (κ1) is 18.4. The van der Waals surface area contributed by atoms with Gasteiger partial charge in [0.05, 0.1) is 12.4 Å². The number of piperazine rings is 1. The maximum absolute atomic E-state index is 10.5. The minimum absolute atomic E-state index is 0.146. The fourth-order valence-electron chi connectivity index (χ4n) is 3.44. The van der Waals surface area contributed by atoms with Crippen LogP contribution in [0.2, 0.25) is 0 Å². The number of aryl methyl sites for hydroxylation is 1. The molecule has 0 radical (unpaired) electrons. The van der Waals surface area contributed by atoms with Gasteiger partial charge in [-0.05, 0) is 23.6 Å². The maximum atomic E-state index is 10.5. The number of phenols is 1. The molecular weight excluding hydrogens is 354 g/mol. The molecular formula is C20H25N7O. The lowest BCUT2D eigenvalue weighted by Crippen LogP contribution is -2.53. The molecule has 0 spiro atoms. The number of benzene rings is 1. The predicted molar refractivity (Wildman–Crippen MR) is 108 cm³/mol. The molecule has 0 aliphatic carbocycles. The lowest BCUT2D eigenvalue weighted by atomic mass is 10.0. The molecule has 2 N–H and O–H groups in total. The molecule has 0 bridgehead atoms. The van der Waals surface area contributed by atoms with Crippen molar-refractivity contribution < 1.29 is 5.11 Å². The Bertz CT molecular complexity index is 951. The van der Waals surface area contributed by atoms with Gasteiger partial charge in [0, 0.05) is 50.0 Å². The summed E-state index contributed by atoms with van der Waals surface area (Å²) in [6.45, 7) is 7.05. The Morgan fingerprint density at radius 1 is 1.18 bits per heavy atom. The molecule has 8 heteroatoms. The quantitative estimate of drug-likeness (QED) is 0.717. The molecule has 2 aromatic heterocycles. The summed E-state index contributed by atoms with van der Waals surface area (Å²) in [4.78, 5) is 6.65. The lowest BCUT2D eigenvalue weighted by Gasteiger charge is -2.35. The highest BCUT2D eigenvalue weighted by atomic mass is 16.3. The van der Waals surface area contributed by atoms with Gasteiger partial charge in [-0.1, -0.05) is 19.9 Å². The van der Waals surface area contributed by atoms with E-state index >= 15 is 0 Å². The third kappa shape index (κ3) is 3.68. The molecule has 146 valence electrons. The lowest BCUT2D eigenvalue weighted by molar-refractivity contribution is 0.365. The first-order valence-corrected chi connectivity index (χ1v) is 9.51. The Balaban J connectivity index is 1.54. The van der Waals surface area contributed by atoms with Gasteiger partial charge in [0.25, 0.3) is 0 Å². The Labute approximate surface area is 164 Å². The van der Waals surface area contributed by atoms with Crippen molar-refractivity contribution in [1.29, 1.82) is 0 Å². The third-order valence-corrected chi connectivity index (χ3v) is 5.15. The van der Waals surface area contributed by atoms with E-state index in [2.05, 4.69) is 44.3 Å². The molecule has 1 aliphatic heterocycles. The highest BCUT2D eigenvalue weighted by molar-refractivity contribution is 5.73. The second-order valence-electron chi connectivity index (χ2n) is 7.53. The van der Waals surface area contributed by atoms with Crippen molar-refractivity contribution in [3.05, 3.63) is 36.8 Å². The van der Waals surface area contributed by atoms with Crippen LogP contribution < -0.4 is 10.2 Å². The van der Waals surface area contributed by atoms with Crippen LogP contribution in [0.5, 0.6) is 5.75 Å². The Kier molecular flexibility index (Phi) is 4.95. The second kappa shape index (κ2) is 7.55. The molecule has 1 aliphatic rings. The standard InChI is InChI=1S/C20H25N7O/c1-13(2)18-12-27(7-6-21-18)20-22-10-17(24-25-20)16-5-4-14(8-19(16)28)15-9-23-26(3)11-15/h4-5,8-11,13,18,21,28H,6-7,12H2,1-3H3. The van der Waals surface area contributed by atoms with Crippen LogP contribution in [0.4, 0.5) is 5.95 Å². The summed E-state index contributed by atoms with van der Waals surface area (Å²) in [6, 6.07) is 5.90. The van der Waals surface area contributed by atoms with Crippen LogP contribution in [0.1, 0.15) is 13.8 Å². The summed E-state index contributed by atoms with van der Waals surface area (Å²) in [5.74, 6) is 1.32. The molecule has 1 saturated heterocycles. The van der Waals surface area contributed by atoms with E-state index in [4.69, 9.17) is 0 Å².